The van der Waals surface area contributed by atoms with Gasteiger partial charge in [-0.2, -0.15) is 0 Å². The van der Waals surface area contributed by atoms with Crippen LogP contribution in [0.3, 0.4) is 0 Å². The van der Waals surface area contributed by atoms with Gasteiger partial charge in [-0.05, 0) is 25.0 Å². The number of unbranched alkanes of at least 4 members (excludes halogenated alkanes) is 4. The lowest BCUT2D eigenvalue weighted by molar-refractivity contribution is -0.139. The van der Waals surface area contributed by atoms with Gasteiger partial charge in [-0.1, -0.05) is 63.8 Å². The van der Waals surface area contributed by atoms with E-state index in [0.29, 0.717) is 6.29 Å². The standard InChI is InChI=1S/C22H36O6/c1-3-5-7-9-11-13-15-27-20(18-24)22(21(26)19(25)17-23)28-16-14-12-10-8-6-4-2/h9-16,18-23,25-26H,3-8,17H2,1-2H3/t19-,20+,21-,22-/m1/s1. The third-order valence-electron chi connectivity index (χ3n) is 3.95. The Morgan fingerprint density at radius 1 is 0.857 bits per heavy atom. The van der Waals surface area contributed by atoms with E-state index in [1.165, 1.54) is 12.5 Å². The first-order valence-corrected chi connectivity index (χ1v) is 9.98. The number of hydrogen-bond donors (Lipinski definition) is 3. The Kier molecular flexibility index (Phi) is 17.2. The molecule has 0 heterocycles. The molecule has 0 amide bonds. The number of carbonyl (C=O) groups excluding carboxylic acids is 1. The molecule has 0 spiro atoms. The predicted octanol–water partition coefficient (Wildman–Crippen LogP) is 3.19. The lowest BCUT2D eigenvalue weighted by atomic mass is 10.0. The van der Waals surface area contributed by atoms with Crippen LogP contribution >= 0.6 is 0 Å². The van der Waals surface area contributed by atoms with Gasteiger partial charge in [0, 0.05) is 0 Å². The van der Waals surface area contributed by atoms with Gasteiger partial charge in [0.1, 0.15) is 12.2 Å². The molecule has 0 unspecified atom stereocenters. The predicted molar refractivity (Wildman–Crippen MR) is 111 cm³/mol. The zero-order chi connectivity index (χ0) is 21.0. The third kappa shape index (κ3) is 12.5. The van der Waals surface area contributed by atoms with Gasteiger partial charge in [-0.15, -0.1) is 0 Å². The molecule has 160 valence electrons. The summed E-state index contributed by atoms with van der Waals surface area (Å²) < 4.78 is 10.8. The van der Waals surface area contributed by atoms with Crippen LogP contribution in [0.25, 0.3) is 0 Å². The molecular formula is C22H36O6. The summed E-state index contributed by atoms with van der Waals surface area (Å²) in [7, 11) is 0. The van der Waals surface area contributed by atoms with Crippen molar-refractivity contribution in [3.63, 3.8) is 0 Å². The van der Waals surface area contributed by atoms with Gasteiger partial charge in [0.05, 0.1) is 19.1 Å². The summed E-state index contributed by atoms with van der Waals surface area (Å²) >= 11 is 0. The van der Waals surface area contributed by atoms with Crippen molar-refractivity contribution >= 4 is 6.29 Å². The lowest BCUT2D eigenvalue weighted by Crippen LogP contribution is -2.47. The second-order valence-corrected chi connectivity index (χ2v) is 6.38. The fourth-order valence-corrected chi connectivity index (χ4v) is 2.22. The summed E-state index contributed by atoms with van der Waals surface area (Å²) in [6.07, 6.45) is 15.1. The molecule has 0 aromatic rings. The molecule has 6 heteroatoms. The van der Waals surface area contributed by atoms with Crippen LogP contribution < -0.4 is 0 Å². The lowest BCUT2D eigenvalue weighted by Gasteiger charge is -2.28. The average Bonchev–Trinajstić information content (AvgIpc) is 2.72. The van der Waals surface area contributed by atoms with Crippen molar-refractivity contribution in [1.82, 2.24) is 0 Å². The van der Waals surface area contributed by atoms with E-state index < -0.39 is 31.0 Å². The molecular weight excluding hydrogens is 360 g/mol. The summed E-state index contributed by atoms with van der Waals surface area (Å²) in [6, 6.07) is 0. The van der Waals surface area contributed by atoms with Crippen molar-refractivity contribution < 1.29 is 29.6 Å². The van der Waals surface area contributed by atoms with Crippen LogP contribution in [0.4, 0.5) is 0 Å². The number of ether oxygens (including phenoxy) is 2. The van der Waals surface area contributed by atoms with Crippen LogP contribution in [0.2, 0.25) is 0 Å². The second-order valence-electron chi connectivity index (χ2n) is 6.38. The van der Waals surface area contributed by atoms with Gasteiger partial charge >= 0.3 is 0 Å². The Morgan fingerprint density at radius 2 is 1.39 bits per heavy atom. The van der Waals surface area contributed by atoms with E-state index in [0.717, 1.165) is 38.5 Å². The monoisotopic (exact) mass is 396 g/mol. The van der Waals surface area contributed by atoms with Gasteiger partial charge in [-0.3, -0.25) is 4.79 Å². The molecule has 0 fully saturated rings. The smallest absolute Gasteiger partial charge is 0.192 e. The van der Waals surface area contributed by atoms with E-state index in [9.17, 15) is 15.0 Å². The molecule has 6 nitrogen and oxygen atoms in total. The van der Waals surface area contributed by atoms with Crippen LogP contribution in [0.5, 0.6) is 0 Å². The summed E-state index contributed by atoms with van der Waals surface area (Å²) in [5.41, 5.74) is 0. The summed E-state index contributed by atoms with van der Waals surface area (Å²) in [5.74, 6) is 0. The van der Waals surface area contributed by atoms with Crippen LogP contribution in [0, 0.1) is 0 Å². The molecule has 0 aromatic carbocycles. The topological polar surface area (TPSA) is 96.2 Å². The van der Waals surface area contributed by atoms with Gasteiger partial charge in [0.2, 0.25) is 0 Å². The van der Waals surface area contributed by atoms with Gasteiger partial charge in [-0.25, -0.2) is 0 Å². The van der Waals surface area contributed by atoms with E-state index in [1.54, 1.807) is 18.2 Å². The molecule has 0 aromatic heterocycles. The molecule has 0 saturated heterocycles. The summed E-state index contributed by atoms with van der Waals surface area (Å²) in [6.45, 7) is 3.56. The highest BCUT2D eigenvalue weighted by Crippen LogP contribution is 2.13. The molecule has 0 radical (unpaired) electrons. The maximum Gasteiger partial charge on any atom is 0.192 e. The van der Waals surface area contributed by atoms with Crippen molar-refractivity contribution in [3.8, 4) is 0 Å². The molecule has 28 heavy (non-hydrogen) atoms. The van der Waals surface area contributed by atoms with Gasteiger partial charge in [0.25, 0.3) is 0 Å². The first-order chi connectivity index (χ1) is 13.6. The van der Waals surface area contributed by atoms with Crippen LogP contribution in [-0.4, -0.2) is 52.6 Å². The van der Waals surface area contributed by atoms with Crippen LogP contribution in [-0.2, 0) is 14.3 Å². The number of carbonyl (C=O) groups is 1. The fourth-order valence-electron chi connectivity index (χ4n) is 2.22. The highest BCUT2D eigenvalue weighted by molar-refractivity contribution is 5.57. The largest absolute Gasteiger partial charge is 0.491 e. The number of rotatable bonds is 17. The van der Waals surface area contributed by atoms with Crippen molar-refractivity contribution in [2.24, 2.45) is 0 Å². The average molecular weight is 397 g/mol. The van der Waals surface area contributed by atoms with E-state index in [-0.39, 0.29) is 0 Å². The van der Waals surface area contributed by atoms with E-state index >= 15 is 0 Å². The first kappa shape index (κ1) is 26.1. The van der Waals surface area contributed by atoms with E-state index in [2.05, 4.69) is 13.8 Å². The number of aliphatic hydroxyl groups is 3. The molecule has 4 atom stereocenters. The second kappa shape index (κ2) is 18.5. The molecule has 0 saturated carbocycles. The maximum absolute atomic E-state index is 11.4. The van der Waals surface area contributed by atoms with Crippen molar-refractivity contribution in [3.05, 3.63) is 49.0 Å². The Morgan fingerprint density at radius 3 is 1.86 bits per heavy atom. The van der Waals surface area contributed by atoms with Crippen LogP contribution in [0.1, 0.15) is 52.4 Å². The molecule has 0 aliphatic rings. The summed E-state index contributed by atoms with van der Waals surface area (Å²) in [4.78, 5) is 11.4. The minimum atomic E-state index is -1.50. The van der Waals surface area contributed by atoms with E-state index in [4.69, 9.17) is 14.6 Å². The Labute approximate surface area is 168 Å². The molecule has 3 N–H and O–H groups in total. The molecule has 0 aliphatic carbocycles. The highest BCUT2D eigenvalue weighted by Gasteiger charge is 2.34. The molecule has 0 rings (SSSR count). The summed E-state index contributed by atoms with van der Waals surface area (Å²) in [5, 5.41) is 29.0. The number of aliphatic hydroxyl groups excluding tert-OH is 3. The molecule has 0 bridgehead atoms. The van der Waals surface area contributed by atoms with Crippen LogP contribution in [0.15, 0.2) is 49.0 Å². The maximum atomic E-state index is 11.4. The van der Waals surface area contributed by atoms with E-state index in [1.807, 2.05) is 18.2 Å². The van der Waals surface area contributed by atoms with Crippen molar-refractivity contribution in [1.29, 1.82) is 0 Å². The Hall–Kier alpha value is -1.89. The quantitative estimate of drug-likeness (QED) is 0.151. The van der Waals surface area contributed by atoms with Gasteiger partial charge in [0.15, 0.2) is 18.5 Å². The number of aldehydes is 1. The van der Waals surface area contributed by atoms with Gasteiger partial charge < -0.3 is 24.8 Å². The Bertz CT molecular complexity index is 483. The normalized spacial score (nSPS) is 16.8. The first-order valence-electron chi connectivity index (χ1n) is 9.98. The minimum Gasteiger partial charge on any atom is -0.491 e. The Balaban J connectivity index is 4.86. The fraction of sp³-hybridized carbons (Fsp3) is 0.591. The zero-order valence-electron chi connectivity index (χ0n) is 17.0. The number of allylic oxidation sites excluding steroid dienone is 6. The highest BCUT2D eigenvalue weighted by atomic mass is 16.5. The van der Waals surface area contributed by atoms with Crippen molar-refractivity contribution in [2.45, 2.75) is 76.8 Å². The SMILES string of the molecule is CCCCC=CC=CO[C@@H]([C@H](O)[C@H](O)CO)[C@H](C=O)OC=CC=CCCCC. The third-order valence-corrected chi connectivity index (χ3v) is 3.95. The minimum absolute atomic E-state index is 0.494. The zero-order valence-corrected chi connectivity index (χ0v) is 17.0. The number of hydrogen-bond acceptors (Lipinski definition) is 6. The van der Waals surface area contributed by atoms with Crippen molar-refractivity contribution in [2.75, 3.05) is 6.61 Å². The molecule has 0 aliphatic heterocycles.